The number of ketones is 1. The van der Waals surface area contributed by atoms with Crippen molar-refractivity contribution < 1.29 is 14.6 Å². The highest BCUT2D eigenvalue weighted by molar-refractivity contribution is 6.35. The molecule has 0 saturated heterocycles. The van der Waals surface area contributed by atoms with Crippen LogP contribution in [0.1, 0.15) is 30.6 Å². The number of aliphatic hydroxyl groups is 1. The number of hydrogen-bond acceptors (Lipinski definition) is 3. The van der Waals surface area contributed by atoms with Crippen molar-refractivity contribution >= 4 is 29.0 Å². The van der Waals surface area contributed by atoms with Crippen LogP contribution >= 0.6 is 23.2 Å². The second kappa shape index (κ2) is 7.63. The third-order valence-corrected chi connectivity index (χ3v) is 3.60. The Kier molecular flexibility index (Phi) is 5.83. The van der Waals surface area contributed by atoms with Gasteiger partial charge in [-0.3, -0.25) is 4.79 Å². The summed E-state index contributed by atoms with van der Waals surface area (Å²) in [6.45, 7) is 1.72. The van der Waals surface area contributed by atoms with E-state index < -0.39 is 6.10 Å². The molecule has 5 heteroatoms. The zero-order valence-corrected chi connectivity index (χ0v) is 13.6. The van der Waals surface area contributed by atoms with Crippen LogP contribution in [0, 0.1) is 0 Å². The maximum absolute atomic E-state index is 11.2. The van der Waals surface area contributed by atoms with E-state index in [1.807, 2.05) is 30.3 Å². The Balaban J connectivity index is 2.26. The Morgan fingerprint density at radius 2 is 1.91 bits per heavy atom. The number of ether oxygens (including phenoxy) is 1. The Morgan fingerprint density at radius 3 is 2.55 bits per heavy atom. The van der Waals surface area contributed by atoms with E-state index in [1.165, 1.54) is 6.92 Å². The van der Waals surface area contributed by atoms with Crippen LogP contribution in [0.4, 0.5) is 0 Å². The van der Waals surface area contributed by atoms with Gasteiger partial charge in [-0.05, 0) is 24.6 Å². The zero-order chi connectivity index (χ0) is 16.1. The maximum atomic E-state index is 11.2. The van der Waals surface area contributed by atoms with Crippen LogP contribution in [0.3, 0.4) is 0 Å². The van der Waals surface area contributed by atoms with Gasteiger partial charge in [-0.1, -0.05) is 53.5 Å². The first-order valence-corrected chi connectivity index (χ1v) is 7.56. The number of rotatable bonds is 6. The predicted molar refractivity (Wildman–Crippen MR) is 87.5 cm³/mol. The van der Waals surface area contributed by atoms with Crippen LogP contribution < -0.4 is 4.74 Å². The molecule has 0 radical (unpaired) electrons. The normalized spacial score (nSPS) is 12.0. The number of carbonyl (C=O) groups excluding carboxylic acids is 1. The molecule has 0 aliphatic rings. The number of hydrogen-bond donors (Lipinski definition) is 1. The summed E-state index contributed by atoms with van der Waals surface area (Å²) < 4.78 is 5.75. The second-order valence-electron chi connectivity index (χ2n) is 5.00. The molecule has 2 rings (SSSR count). The number of benzene rings is 2. The molecule has 0 bridgehead atoms. The lowest BCUT2D eigenvalue weighted by Crippen LogP contribution is -2.07. The van der Waals surface area contributed by atoms with Gasteiger partial charge in [-0.15, -0.1) is 0 Å². The highest BCUT2D eigenvalue weighted by Gasteiger charge is 2.19. The molecule has 0 fully saturated rings. The van der Waals surface area contributed by atoms with E-state index in [1.54, 1.807) is 12.1 Å². The molecule has 2 aromatic carbocycles. The summed E-state index contributed by atoms with van der Waals surface area (Å²) in [6.07, 6.45) is -1.02. The topological polar surface area (TPSA) is 46.5 Å². The summed E-state index contributed by atoms with van der Waals surface area (Å²) in [5.74, 6) is 0.223. The molecule has 0 spiro atoms. The molecule has 3 nitrogen and oxygen atoms in total. The monoisotopic (exact) mass is 338 g/mol. The van der Waals surface area contributed by atoms with Gasteiger partial charge in [0, 0.05) is 17.0 Å². The fraction of sp³-hybridized carbons (Fsp3) is 0.235. The summed E-state index contributed by atoms with van der Waals surface area (Å²) in [4.78, 5) is 11.2. The quantitative estimate of drug-likeness (QED) is 0.838. The van der Waals surface area contributed by atoms with Crippen molar-refractivity contribution in [2.75, 3.05) is 0 Å². The maximum Gasteiger partial charge on any atom is 0.144 e. The molecular weight excluding hydrogens is 323 g/mol. The number of carbonyl (C=O) groups is 1. The van der Waals surface area contributed by atoms with Crippen LogP contribution in [-0.4, -0.2) is 10.9 Å². The molecule has 0 aromatic heterocycles. The van der Waals surface area contributed by atoms with Gasteiger partial charge >= 0.3 is 0 Å². The Morgan fingerprint density at radius 1 is 1.23 bits per heavy atom. The van der Waals surface area contributed by atoms with Gasteiger partial charge in [0.2, 0.25) is 0 Å². The summed E-state index contributed by atoms with van der Waals surface area (Å²) in [5.41, 5.74) is 1.39. The molecule has 0 aliphatic carbocycles. The van der Waals surface area contributed by atoms with Crippen molar-refractivity contribution in [3.8, 4) is 5.75 Å². The van der Waals surface area contributed by atoms with Gasteiger partial charge in [0.25, 0.3) is 0 Å². The first-order chi connectivity index (χ1) is 10.5. The SMILES string of the molecule is CC(=O)C[C@@H](O)c1cc(Cl)cc(Cl)c1OCc1ccccc1. The third-order valence-electron chi connectivity index (χ3n) is 3.10. The largest absolute Gasteiger partial charge is 0.487 e. The van der Waals surface area contributed by atoms with Crippen molar-refractivity contribution in [1.29, 1.82) is 0 Å². The van der Waals surface area contributed by atoms with Crippen molar-refractivity contribution in [2.24, 2.45) is 0 Å². The van der Waals surface area contributed by atoms with Crippen LogP contribution in [0.5, 0.6) is 5.75 Å². The molecule has 1 N–H and O–H groups in total. The third kappa shape index (κ3) is 4.47. The Labute approximate surface area is 139 Å². The van der Waals surface area contributed by atoms with Crippen LogP contribution in [0.15, 0.2) is 42.5 Å². The molecule has 1 atom stereocenters. The summed E-state index contributed by atoms with van der Waals surface area (Å²) >= 11 is 12.2. The molecule has 0 heterocycles. The van der Waals surface area contributed by atoms with E-state index in [0.29, 0.717) is 28.0 Å². The van der Waals surface area contributed by atoms with Gasteiger partial charge in [-0.2, -0.15) is 0 Å². The van der Waals surface area contributed by atoms with E-state index >= 15 is 0 Å². The Bertz CT molecular complexity index is 656. The summed E-state index contributed by atoms with van der Waals surface area (Å²) in [6, 6.07) is 12.7. The highest BCUT2D eigenvalue weighted by atomic mass is 35.5. The second-order valence-corrected chi connectivity index (χ2v) is 5.85. The fourth-order valence-electron chi connectivity index (χ4n) is 2.09. The molecule has 0 unspecified atom stereocenters. The number of Topliss-reactive ketones (excluding diaryl/α,β-unsaturated/α-hetero) is 1. The van der Waals surface area contributed by atoms with Crippen LogP contribution in [-0.2, 0) is 11.4 Å². The van der Waals surface area contributed by atoms with E-state index in [-0.39, 0.29) is 12.2 Å². The van der Waals surface area contributed by atoms with Gasteiger partial charge in [0.15, 0.2) is 0 Å². The molecule has 0 saturated carbocycles. The van der Waals surface area contributed by atoms with Gasteiger partial charge in [-0.25, -0.2) is 0 Å². The number of aliphatic hydroxyl groups excluding tert-OH is 1. The van der Waals surface area contributed by atoms with E-state index in [0.717, 1.165) is 5.56 Å². The van der Waals surface area contributed by atoms with Gasteiger partial charge < -0.3 is 9.84 Å². The molecule has 0 amide bonds. The minimum Gasteiger partial charge on any atom is -0.487 e. The zero-order valence-electron chi connectivity index (χ0n) is 12.1. The summed E-state index contributed by atoms with van der Waals surface area (Å²) in [7, 11) is 0. The molecule has 2 aromatic rings. The average molecular weight is 339 g/mol. The van der Waals surface area contributed by atoms with E-state index in [4.69, 9.17) is 27.9 Å². The lowest BCUT2D eigenvalue weighted by Gasteiger charge is -2.17. The minimum absolute atomic E-state index is 0.0155. The van der Waals surface area contributed by atoms with Crippen molar-refractivity contribution in [2.45, 2.75) is 26.1 Å². The van der Waals surface area contributed by atoms with Gasteiger partial charge in [0.1, 0.15) is 18.1 Å². The predicted octanol–water partition coefficient (Wildman–Crippen LogP) is 4.58. The summed E-state index contributed by atoms with van der Waals surface area (Å²) in [5, 5.41) is 10.9. The number of halogens is 2. The Hall–Kier alpha value is -1.55. The van der Waals surface area contributed by atoms with Crippen molar-refractivity contribution in [3.05, 3.63) is 63.6 Å². The average Bonchev–Trinajstić information content (AvgIpc) is 2.46. The molecule has 0 aliphatic heterocycles. The lowest BCUT2D eigenvalue weighted by molar-refractivity contribution is -0.118. The lowest BCUT2D eigenvalue weighted by atomic mass is 10.0. The van der Waals surface area contributed by atoms with E-state index in [2.05, 4.69) is 0 Å². The van der Waals surface area contributed by atoms with Crippen molar-refractivity contribution in [3.63, 3.8) is 0 Å². The highest BCUT2D eigenvalue weighted by Crippen LogP contribution is 2.37. The molecule has 116 valence electrons. The smallest absolute Gasteiger partial charge is 0.144 e. The van der Waals surface area contributed by atoms with Gasteiger partial charge in [0.05, 0.1) is 11.1 Å². The molecule has 22 heavy (non-hydrogen) atoms. The standard InChI is InChI=1S/C17H16Cl2O3/c1-11(20)7-16(21)14-8-13(18)9-15(19)17(14)22-10-12-5-3-2-4-6-12/h2-6,8-9,16,21H,7,10H2,1H3/t16-/m1/s1. The fourth-order valence-corrected chi connectivity index (χ4v) is 2.66. The van der Waals surface area contributed by atoms with Crippen molar-refractivity contribution in [1.82, 2.24) is 0 Å². The first-order valence-electron chi connectivity index (χ1n) is 6.80. The van der Waals surface area contributed by atoms with Crippen LogP contribution in [0.2, 0.25) is 10.0 Å². The van der Waals surface area contributed by atoms with E-state index in [9.17, 15) is 9.90 Å². The minimum atomic E-state index is -1.00. The first kappa shape index (κ1) is 16.8. The molecular formula is C17H16Cl2O3. The van der Waals surface area contributed by atoms with Crippen LogP contribution in [0.25, 0.3) is 0 Å².